The van der Waals surface area contributed by atoms with Crippen LogP contribution < -0.4 is 10.6 Å². The van der Waals surface area contributed by atoms with Gasteiger partial charge in [-0.05, 0) is 56.3 Å². The van der Waals surface area contributed by atoms with E-state index in [1.54, 1.807) is 19.9 Å². The molecule has 0 aliphatic carbocycles. The van der Waals surface area contributed by atoms with E-state index in [1.807, 2.05) is 0 Å². The summed E-state index contributed by atoms with van der Waals surface area (Å²) in [5.74, 6) is -0.415. The molecule has 0 fully saturated rings. The molecule has 0 bridgehead atoms. The largest absolute Gasteiger partial charge is 0.508 e. The Morgan fingerprint density at radius 3 is 2.64 bits per heavy atom. The first kappa shape index (κ1) is 19.3. The van der Waals surface area contributed by atoms with Gasteiger partial charge in [-0.25, -0.2) is 9.38 Å². The first-order chi connectivity index (χ1) is 13.2. The lowest BCUT2D eigenvalue weighted by Gasteiger charge is -2.16. The number of amides is 1. The van der Waals surface area contributed by atoms with Gasteiger partial charge in [0.15, 0.2) is 5.82 Å². The second-order valence-electron chi connectivity index (χ2n) is 6.87. The minimum atomic E-state index is -1.09. The summed E-state index contributed by atoms with van der Waals surface area (Å²) < 4.78 is 13.4. The smallest absolute Gasteiger partial charge is 0.257 e. The van der Waals surface area contributed by atoms with Crippen LogP contribution in [-0.2, 0) is 0 Å². The predicted molar refractivity (Wildman–Crippen MR) is 104 cm³/mol. The molecule has 146 valence electrons. The number of guanidine groups is 1. The first-order valence-electron chi connectivity index (χ1n) is 8.49. The zero-order chi connectivity index (χ0) is 20.3. The third-order valence-corrected chi connectivity index (χ3v) is 3.75. The number of carbonyl (C=O) groups excluding carboxylic acids is 1. The Kier molecular flexibility index (Phi) is 5.27. The molecular formula is C19H20FN5O3. The van der Waals surface area contributed by atoms with Crippen LogP contribution in [0.3, 0.4) is 0 Å². The number of phenols is 1. The summed E-state index contributed by atoms with van der Waals surface area (Å²) in [4.78, 5) is 16.7. The number of H-pyrrole nitrogens is 1. The predicted octanol–water partition coefficient (Wildman–Crippen LogP) is 2.38. The molecule has 8 nitrogen and oxygen atoms in total. The standard InChI is InChI=1S/C19H20FN5O3/c1-19(2,28)10-21-18(23-17(27)11-3-6-13(26)7-4-11)22-16-14-8-5-12(20)9-15(14)24-25-16/h3-9,26,28H,10H2,1-2H3,(H3,21,22,23,24,25,27). The minimum Gasteiger partial charge on any atom is -0.508 e. The molecule has 1 amide bonds. The number of hydrogen-bond acceptors (Lipinski definition) is 5. The second kappa shape index (κ2) is 7.65. The lowest BCUT2D eigenvalue weighted by molar-refractivity contribution is 0.0897. The number of aromatic hydroxyl groups is 1. The number of aromatic nitrogens is 2. The molecule has 0 radical (unpaired) electrons. The van der Waals surface area contributed by atoms with Crippen molar-refractivity contribution < 1.29 is 19.4 Å². The Morgan fingerprint density at radius 1 is 1.25 bits per heavy atom. The highest BCUT2D eigenvalue weighted by Crippen LogP contribution is 2.21. The third kappa shape index (κ3) is 4.83. The van der Waals surface area contributed by atoms with Gasteiger partial charge in [0.2, 0.25) is 5.96 Å². The van der Waals surface area contributed by atoms with Gasteiger partial charge in [-0.2, -0.15) is 5.10 Å². The molecule has 0 saturated heterocycles. The van der Waals surface area contributed by atoms with E-state index in [9.17, 15) is 19.4 Å². The first-order valence-corrected chi connectivity index (χ1v) is 8.49. The zero-order valence-electron chi connectivity index (χ0n) is 15.3. The number of halogens is 1. The van der Waals surface area contributed by atoms with Crippen LogP contribution in [0.25, 0.3) is 10.9 Å². The van der Waals surface area contributed by atoms with E-state index in [0.29, 0.717) is 22.3 Å². The zero-order valence-corrected chi connectivity index (χ0v) is 15.3. The molecule has 0 saturated carbocycles. The van der Waals surface area contributed by atoms with Crippen molar-refractivity contribution >= 4 is 28.6 Å². The highest BCUT2D eigenvalue weighted by molar-refractivity contribution is 6.11. The number of aromatic amines is 1. The summed E-state index contributed by atoms with van der Waals surface area (Å²) in [6.45, 7) is 3.19. The summed E-state index contributed by atoms with van der Waals surface area (Å²) >= 11 is 0. The van der Waals surface area contributed by atoms with Gasteiger partial charge < -0.3 is 15.5 Å². The van der Waals surface area contributed by atoms with E-state index in [2.05, 4.69) is 25.8 Å². The fraction of sp³-hybridized carbons (Fsp3) is 0.211. The lowest BCUT2D eigenvalue weighted by Crippen LogP contribution is -2.37. The van der Waals surface area contributed by atoms with Crippen molar-refractivity contribution in [3.63, 3.8) is 0 Å². The third-order valence-electron chi connectivity index (χ3n) is 3.75. The van der Waals surface area contributed by atoms with Crippen molar-refractivity contribution in [1.82, 2.24) is 15.5 Å². The fourth-order valence-electron chi connectivity index (χ4n) is 2.37. The molecule has 1 heterocycles. The number of fused-ring (bicyclic) bond motifs is 1. The number of rotatable bonds is 4. The van der Waals surface area contributed by atoms with Crippen molar-refractivity contribution in [2.24, 2.45) is 4.99 Å². The molecule has 0 atom stereocenters. The Hall–Kier alpha value is -3.46. The van der Waals surface area contributed by atoms with E-state index in [4.69, 9.17) is 0 Å². The van der Waals surface area contributed by atoms with Crippen LogP contribution in [-0.4, -0.2) is 44.4 Å². The normalized spacial score (nSPS) is 12.2. The Labute approximate surface area is 160 Å². The summed E-state index contributed by atoms with van der Waals surface area (Å²) in [7, 11) is 0. The number of aliphatic imine (C=N–C) groups is 1. The van der Waals surface area contributed by atoms with Gasteiger partial charge in [-0.15, -0.1) is 0 Å². The number of carbonyl (C=O) groups is 1. The minimum absolute atomic E-state index is 0.0160. The van der Waals surface area contributed by atoms with E-state index in [-0.39, 0.29) is 18.3 Å². The van der Waals surface area contributed by atoms with Crippen molar-refractivity contribution in [2.75, 3.05) is 11.9 Å². The number of aliphatic hydroxyl groups is 1. The van der Waals surface area contributed by atoms with Gasteiger partial charge >= 0.3 is 0 Å². The van der Waals surface area contributed by atoms with Gasteiger partial charge in [0.1, 0.15) is 11.6 Å². The quantitative estimate of drug-likeness (QED) is 0.349. The topological polar surface area (TPSA) is 123 Å². The number of hydrogen-bond donors (Lipinski definition) is 5. The van der Waals surface area contributed by atoms with Gasteiger partial charge in [-0.3, -0.25) is 15.2 Å². The van der Waals surface area contributed by atoms with Crippen molar-refractivity contribution in [3.8, 4) is 5.75 Å². The molecule has 3 aromatic rings. The molecule has 0 aliphatic heterocycles. The second-order valence-corrected chi connectivity index (χ2v) is 6.87. The monoisotopic (exact) mass is 385 g/mol. The molecule has 1 aromatic heterocycles. The van der Waals surface area contributed by atoms with Crippen LogP contribution in [0.4, 0.5) is 10.2 Å². The molecule has 0 aliphatic rings. The van der Waals surface area contributed by atoms with E-state index in [0.717, 1.165) is 0 Å². The number of nitrogens with one attached hydrogen (secondary N) is 3. The maximum atomic E-state index is 13.4. The average Bonchev–Trinajstić information content (AvgIpc) is 3.01. The van der Waals surface area contributed by atoms with E-state index < -0.39 is 17.3 Å². The summed E-state index contributed by atoms with van der Waals surface area (Å²) in [5, 5.41) is 32.2. The maximum Gasteiger partial charge on any atom is 0.257 e. The van der Waals surface area contributed by atoms with Crippen molar-refractivity contribution in [2.45, 2.75) is 19.4 Å². The van der Waals surface area contributed by atoms with Crippen LogP contribution >= 0.6 is 0 Å². The number of anilines is 1. The summed E-state index contributed by atoms with van der Waals surface area (Å²) in [6, 6.07) is 9.86. The molecule has 9 heteroatoms. The molecule has 5 N–H and O–H groups in total. The molecular weight excluding hydrogens is 365 g/mol. The van der Waals surface area contributed by atoms with E-state index in [1.165, 1.54) is 36.4 Å². The van der Waals surface area contributed by atoms with Crippen LogP contribution in [0.2, 0.25) is 0 Å². The molecule has 3 rings (SSSR count). The Balaban J connectivity index is 1.86. The summed E-state index contributed by atoms with van der Waals surface area (Å²) in [6.07, 6.45) is 0. The highest BCUT2D eigenvalue weighted by atomic mass is 19.1. The molecule has 0 spiro atoms. The van der Waals surface area contributed by atoms with Gasteiger partial charge in [-0.1, -0.05) is 0 Å². The SMILES string of the molecule is CC(C)(O)CN=C(NC(=O)c1ccc(O)cc1)Nc1n[nH]c2cc(F)ccc12. The fourth-order valence-corrected chi connectivity index (χ4v) is 2.37. The highest BCUT2D eigenvalue weighted by Gasteiger charge is 2.16. The van der Waals surface area contributed by atoms with Crippen LogP contribution in [0.1, 0.15) is 24.2 Å². The summed E-state index contributed by atoms with van der Waals surface area (Å²) in [5.41, 5.74) is -0.300. The van der Waals surface area contributed by atoms with Crippen LogP contribution in [0.5, 0.6) is 5.75 Å². The van der Waals surface area contributed by atoms with Crippen LogP contribution in [0.15, 0.2) is 47.5 Å². The van der Waals surface area contributed by atoms with Gasteiger partial charge in [0, 0.05) is 10.9 Å². The molecule has 2 aromatic carbocycles. The lowest BCUT2D eigenvalue weighted by atomic mass is 10.1. The number of benzene rings is 2. The molecule has 0 unspecified atom stereocenters. The number of phenolic OH excluding ortho intramolecular Hbond substituents is 1. The Bertz CT molecular complexity index is 1020. The van der Waals surface area contributed by atoms with Crippen LogP contribution in [0, 0.1) is 5.82 Å². The molecule has 28 heavy (non-hydrogen) atoms. The average molecular weight is 385 g/mol. The van der Waals surface area contributed by atoms with Crippen molar-refractivity contribution in [3.05, 3.63) is 53.8 Å². The van der Waals surface area contributed by atoms with Crippen molar-refractivity contribution in [1.29, 1.82) is 0 Å². The Morgan fingerprint density at radius 2 is 1.96 bits per heavy atom. The van der Waals surface area contributed by atoms with E-state index >= 15 is 0 Å². The van der Waals surface area contributed by atoms with Gasteiger partial charge in [0.25, 0.3) is 5.91 Å². The van der Waals surface area contributed by atoms with Gasteiger partial charge in [0.05, 0.1) is 17.7 Å². The number of nitrogens with zero attached hydrogens (tertiary/aromatic N) is 2. The maximum absolute atomic E-state index is 13.4.